The van der Waals surface area contributed by atoms with Crippen LogP contribution in [0.25, 0.3) is 0 Å². The largest absolute Gasteiger partial charge is 0.372 e. The van der Waals surface area contributed by atoms with Crippen molar-refractivity contribution in [3.05, 3.63) is 33.1 Å². The van der Waals surface area contributed by atoms with Crippen LogP contribution in [0.3, 0.4) is 0 Å². The number of ether oxygens (including phenoxy) is 1. The average Bonchev–Trinajstić information content (AvgIpc) is 2.36. The Bertz CT molecular complexity index is 542. The molecule has 1 fully saturated rings. The Hall–Kier alpha value is -1.73. The number of amides is 1. The number of carbonyl (C=O) groups is 1. The lowest BCUT2D eigenvalue weighted by atomic mass is 10.1. The van der Waals surface area contributed by atoms with Gasteiger partial charge in [-0.3, -0.25) is 14.9 Å². The van der Waals surface area contributed by atoms with Crippen molar-refractivity contribution in [2.24, 2.45) is 0 Å². The summed E-state index contributed by atoms with van der Waals surface area (Å²) in [4.78, 5) is 28.0. The minimum absolute atomic E-state index is 0.0451. The standard InChI is InChI=1S/C12H14ClN3O4/c1-7-5-15(6-8(2)20-7)12(17)9-3-11(13)14-4-10(9)16(18)19/h3-4,7-8H,5-6H2,1-2H3/t7-,8+. The van der Waals surface area contributed by atoms with Gasteiger partial charge in [0.25, 0.3) is 11.6 Å². The Morgan fingerprint density at radius 3 is 2.65 bits per heavy atom. The summed E-state index contributed by atoms with van der Waals surface area (Å²) in [5, 5.41) is 11.0. The van der Waals surface area contributed by atoms with E-state index < -0.39 is 10.8 Å². The first kappa shape index (κ1) is 14.7. The molecule has 0 bridgehead atoms. The number of morpholine rings is 1. The summed E-state index contributed by atoms with van der Waals surface area (Å²) in [5.41, 5.74) is -0.387. The molecule has 20 heavy (non-hydrogen) atoms. The molecule has 0 N–H and O–H groups in total. The van der Waals surface area contributed by atoms with E-state index in [4.69, 9.17) is 16.3 Å². The van der Waals surface area contributed by atoms with Crippen LogP contribution in [-0.2, 0) is 4.74 Å². The van der Waals surface area contributed by atoms with E-state index in [1.54, 1.807) is 0 Å². The third-order valence-electron chi connectivity index (χ3n) is 2.98. The summed E-state index contributed by atoms with van der Waals surface area (Å²) in [7, 11) is 0. The van der Waals surface area contributed by atoms with Gasteiger partial charge in [0.1, 0.15) is 16.9 Å². The Balaban J connectivity index is 2.33. The maximum absolute atomic E-state index is 12.4. The fourth-order valence-corrected chi connectivity index (χ4v) is 2.41. The SMILES string of the molecule is C[C@@H]1CN(C(=O)c2cc(Cl)ncc2[N+](=O)[O-])C[C@H](C)O1. The summed E-state index contributed by atoms with van der Waals surface area (Å²) in [5.74, 6) is -0.428. The third-order valence-corrected chi connectivity index (χ3v) is 3.19. The van der Waals surface area contributed by atoms with Crippen LogP contribution in [0.4, 0.5) is 5.69 Å². The van der Waals surface area contributed by atoms with Gasteiger partial charge in [0.05, 0.1) is 17.1 Å². The minimum atomic E-state index is -0.635. The van der Waals surface area contributed by atoms with Crippen molar-refractivity contribution in [3.63, 3.8) is 0 Å². The van der Waals surface area contributed by atoms with Gasteiger partial charge >= 0.3 is 0 Å². The van der Waals surface area contributed by atoms with Gasteiger partial charge in [-0.25, -0.2) is 4.98 Å². The highest BCUT2D eigenvalue weighted by molar-refractivity contribution is 6.29. The molecular formula is C12H14ClN3O4. The van der Waals surface area contributed by atoms with Crippen LogP contribution >= 0.6 is 11.6 Å². The summed E-state index contributed by atoms with van der Waals surface area (Å²) in [6.45, 7) is 4.48. The maximum Gasteiger partial charge on any atom is 0.300 e. The van der Waals surface area contributed by atoms with Crippen LogP contribution in [0.1, 0.15) is 24.2 Å². The summed E-state index contributed by atoms with van der Waals surface area (Å²) < 4.78 is 5.54. The highest BCUT2D eigenvalue weighted by Gasteiger charge is 2.30. The van der Waals surface area contributed by atoms with E-state index in [2.05, 4.69) is 4.98 Å². The van der Waals surface area contributed by atoms with Crippen molar-refractivity contribution in [1.82, 2.24) is 9.88 Å². The van der Waals surface area contributed by atoms with E-state index in [9.17, 15) is 14.9 Å². The highest BCUT2D eigenvalue weighted by Crippen LogP contribution is 2.23. The molecule has 2 atom stereocenters. The fraction of sp³-hybridized carbons (Fsp3) is 0.500. The van der Waals surface area contributed by atoms with Crippen molar-refractivity contribution in [2.75, 3.05) is 13.1 Å². The quantitative estimate of drug-likeness (QED) is 0.473. The zero-order valence-electron chi connectivity index (χ0n) is 11.1. The topological polar surface area (TPSA) is 85.6 Å². The predicted molar refractivity (Wildman–Crippen MR) is 71.8 cm³/mol. The molecule has 0 spiro atoms. The van der Waals surface area contributed by atoms with Crippen molar-refractivity contribution in [1.29, 1.82) is 0 Å². The minimum Gasteiger partial charge on any atom is -0.372 e. The Labute approximate surface area is 120 Å². The first-order valence-corrected chi connectivity index (χ1v) is 6.51. The monoisotopic (exact) mass is 299 g/mol. The summed E-state index contributed by atoms with van der Waals surface area (Å²) in [6.07, 6.45) is 0.779. The first-order valence-electron chi connectivity index (χ1n) is 6.13. The lowest BCUT2D eigenvalue weighted by Crippen LogP contribution is -2.48. The molecule has 1 saturated heterocycles. The molecule has 108 valence electrons. The zero-order valence-corrected chi connectivity index (χ0v) is 11.8. The molecule has 1 amide bonds. The third kappa shape index (κ3) is 3.05. The van der Waals surface area contributed by atoms with Crippen molar-refractivity contribution < 1.29 is 14.5 Å². The van der Waals surface area contributed by atoms with Gasteiger partial charge in [0.2, 0.25) is 0 Å². The lowest BCUT2D eigenvalue weighted by Gasteiger charge is -2.35. The molecule has 1 aromatic heterocycles. The molecule has 0 aromatic carbocycles. The van der Waals surface area contributed by atoms with E-state index in [0.717, 1.165) is 6.20 Å². The molecule has 0 radical (unpaired) electrons. The summed E-state index contributed by atoms with van der Waals surface area (Å²) in [6, 6.07) is 1.23. The molecular weight excluding hydrogens is 286 g/mol. The Morgan fingerprint density at radius 1 is 1.50 bits per heavy atom. The average molecular weight is 300 g/mol. The maximum atomic E-state index is 12.4. The number of nitro groups is 1. The van der Waals surface area contributed by atoms with E-state index >= 15 is 0 Å². The molecule has 8 heteroatoms. The molecule has 0 aliphatic carbocycles. The second-order valence-electron chi connectivity index (χ2n) is 4.75. The van der Waals surface area contributed by atoms with Gasteiger partial charge in [-0.05, 0) is 19.9 Å². The lowest BCUT2D eigenvalue weighted by molar-refractivity contribution is -0.385. The van der Waals surface area contributed by atoms with Crippen LogP contribution in [0, 0.1) is 10.1 Å². The van der Waals surface area contributed by atoms with E-state index in [0.29, 0.717) is 13.1 Å². The smallest absolute Gasteiger partial charge is 0.300 e. The molecule has 1 aliphatic heterocycles. The number of hydrogen-bond donors (Lipinski definition) is 0. The zero-order chi connectivity index (χ0) is 14.9. The van der Waals surface area contributed by atoms with Crippen LogP contribution in [0.15, 0.2) is 12.3 Å². The Kier molecular flexibility index (Phi) is 4.20. The Morgan fingerprint density at radius 2 is 2.10 bits per heavy atom. The second-order valence-corrected chi connectivity index (χ2v) is 5.14. The van der Waals surface area contributed by atoms with Gasteiger partial charge in [0.15, 0.2) is 0 Å². The fourth-order valence-electron chi connectivity index (χ4n) is 2.25. The van der Waals surface area contributed by atoms with Gasteiger partial charge in [-0.2, -0.15) is 0 Å². The van der Waals surface area contributed by atoms with Crippen molar-refractivity contribution in [2.45, 2.75) is 26.1 Å². The number of aromatic nitrogens is 1. The number of halogens is 1. The van der Waals surface area contributed by atoms with Gasteiger partial charge in [-0.1, -0.05) is 11.6 Å². The van der Waals surface area contributed by atoms with E-state index in [1.165, 1.54) is 11.0 Å². The van der Waals surface area contributed by atoms with E-state index in [1.807, 2.05) is 13.8 Å². The number of hydrogen-bond acceptors (Lipinski definition) is 5. The molecule has 2 rings (SSSR count). The predicted octanol–water partition coefficient (Wildman–Crippen LogP) is 1.89. The normalized spacial score (nSPS) is 22.6. The molecule has 0 unspecified atom stereocenters. The second kappa shape index (κ2) is 5.72. The van der Waals surface area contributed by atoms with Crippen molar-refractivity contribution >= 4 is 23.2 Å². The van der Waals surface area contributed by atoms with Crippen molar-refractivity contribution in [3.8, 4) is 0 Å². The highest BCUT2D eigenvalue weighted by atomic mass is 35.5. The van der Waals surface area contributed by atoms with Gasteiger partial charge in [-0.15, -0.1) is 0 Å². The summed E-state index contributed by atoms with van der Waals surface area (Å²) >= 11 is 5.73. The van der Waals surface area contributed by atoms with Gasteiger partial charge in [0, 0.05) is 13.1 Å². The number of pyridine rings is 1. The molecule has 0 saturated carbocycles. The molecule has 2 heterocycles. The number of nitrogens with zero attached hydrogens (tertiary/aromatic N) is 3. The van der Waals surface area contributed by atoms with Crippen LogP contribution in [0.5, 0.6) is 0 Å². The molecule has 1 aromatic rings. The number of rotatable bonds is 2. The molecule has 1 aliphatic rings. The molecule has 7 nitrogen and oxygen atoms in total. The van der Waals surface area contributed by atoms with Crippen LogP contribution in [0.2, 0.25) is 5.15 Å². The number of carbonyl (C=O) groups excluding carboxylic acids is 1. The van der Waals surface area contributed by atoms with Crippen LogP contribution < -0.4 is 0 Å². The van der Waals surface area contributed by atoms with Gasteiger partial charge < -0.3 is 9.64 Å². The van der Waals surface area contributed by atoms with E-state index in [-0.39, 0.29) is 28.6 Å². The van der Waals surface area contributed by atoms with Crippen LogP contribution in [-0.4, -0.2) is 46.0 Å². The first-order chi connectivity index (χ1) is 9.38.